The van der Waals surface area contributed by atoms with Crippen LogP contribution in [-0.4, -0.2) is 30.2 Å². The van der Waals surface area contributed by atoms with Gasteiger partial charge >= 0.3 is 5.97 Å². The van der Waals surface area contributed by atoms with E-state index >= 15 is 0 Å². The Labute approximate surface area is 209 Å². The minimum atomic E-state index is -0.606. The van der Waals surface area contributed by atoms with Crippen LogP contribution >= 0.6 is 11.6 Å². The molecule has 2 saturated heterocycles. The smallest absolute Gasteiger partial charge is 0.316 e. The molecule has 0 radical (unpaired) electrons. The molecule has 2 heterocycles. The summed E-state index contributed by atoms with van der Waals surface area (Å²) in [7, 11) is 0. The van der Waals surface area contributed by atoms with Gasteiger partial charge in [0.05, 0.1) is 23.4 Å². The van der Waals surface area contributed by atoms with E-state index in [9.17, 15) is 19.2 Å². The number of benzene rings is 2. The SMILES string of the molecule is Cc1cc(OC(=O)[C@H]2CC(=O)N(c3cccc(Cl)c3C)C2)ccc1N1C(=O)[C@H]2CCCC[C@H]2C1=O. The van der Waals surface area contributed by atoms with Gasteiger partial charge in [0.15, 0.2) is 0 Å². The van der Waals surface area contributed by atoms with Crippen LogP contribution in [0.3, 0.4) is 0 Å². The maximum Gasteiger partial charge on any atom is 0.316 e. The molecule has 0 bridgehead atoms. The maximum absolute atomic E-state index is 12.9. The molecular formula is C27H27ClN2O5. The second-order valence-electron chi connectivity index (χ2n) is 9.67. The van der Waals surface area contributed by atoms with Crippen LogP contribution in [0.2, 0.25) is 5.02 Å². The van der Waals surface area contributed by atoms with Gasteiger partial charge in [-0.1, -0.05) is 30.5 Å². The van der Waals surface area contributed by atoms with Crippen molar-refractivity contribution < 1.29 is 23.9 Å². The van der Waals surface area contributed by atoms with Crippen molar-refractivity contribution >= 4 is 46.7 Å². The van der Waals surface area contributed by atoms with Crippen LogP contribution in [0.4, 0.5) is 11.4 Å². The van der Waals surface area contributed by atoms with Gasteiger partial charge in [0.1, 0.15) is 5.75 Å². The van der Waals surface area contributed by atoms with E-state index in [0.29, 0.717) is 27.7 Å². The molecule has 3 fully saturated rings. The second-order valence-corrected chi connectivity index (χ2v) is 10.1. The molecule has 1 saturated carbocycles. The lowest BCUT2D eigenvalue weighted by Crippen LogP contribution is -2.31. The zero-order valence-corrected chi connectivity index (χ0v) is 20.5. The lowest BCUT2D eigenvalue weighted by Gasteiger charge is -2.20. The highest BCUT2D eigenvalue weighted by Crippen LogP contribution is 2.41. The molecule has 2 aromatic carbocycles. The molecule has 182 valence electrons. The van der Waals surface area contributed by atoms with E-state index < -0.39 is 11.9 Å². The molecule has 5 rings (SSSR count). The normalized spacial score (nSPS) is 24.2. The number of amides is 3. The van der Waals surface area contributed by atoms with Gasteiger partial charge in [0.25, 0.3) is 0 Å². The van der Waals surface area contributed by atoms with E-state index in [-0.39, 0.29) is 42.5 Å². The first-order valence-corrected chi connectivity index (χ1v) is 12.4. The van der Waals surface area contributed by atoms with Gasteiger partial charge in [-0.3, -0.25) is 19.2 Å². The second kappa shape index (κ2) is 9.11. The quantitative estimate of drug-likeness (QED) is 0.352. The fourth-order valence-corrected chi connectivity index (χ4v) is 5.70. The Morgan fingerprint density at radius 1 is 0.971 bits per heavy atom. The van der Waals surface area contributed by atoms with Crippen molar-refractivity contribution in [2.75, 3.05) is 16.3 Å². The summed E-state index contributed by atoms with van der Waals surface area (Å²) >= 11 is 6.20. The van der Waals surface area contributed by atoms with Crippen LogP contribution in [0.1, 0.15) is 43.2 Å². The molecule has 1 aliphatic carbocycles. The van der Waals surface area contributed by atoms with Crippen molar-refractivity contribution in [3.63, 3.8) is 0 Å². The summed E-state index contributed by atoms with van der Waals surface area (Å²) in [5.74, 6) is -1.65. The van der Waals surface area contributed by atoms with Crippen molar-refractivity contribution in [1.82, 2.24) is 0 Å². The average Bonchev–Trinajstić information content (AvgIpc) is 3.34. The number of carbonyl (C=O) groups excluding carboxylic acids is 4. The summed E-state index contributed by atoms with van der Waals surface area (Å²) in [5, 5.41) is 0.561. The molecule has 35 heavy (non-hydrogen) atoms. The molecule has 7 nitrogen and oxygen atoms in total. The van der Waals surface area contributed by atoms with Crippen molar-refractivity contribution in [3.8, 4) is 5.75 Å². The number of imide groups is 1. The van der Waals surface area contributed by atoms with E-state index in [1.807, 2.05) is 13.0 Å². The van der Waals surface area contributed by atoms with Gasteiger partial charge in [0.2, 0.25) is 17.7 Å². The van der Waals surface area contributed by atoms with Gasteiger partial charge < -0.3 is 9.64 Å². The minimum absolute atomic E-state index is 0.0570. The Bertz CT molecular complexity index is 1220. The maximum atomic E-state index is 12.9. The minimum Gasteiger partial charge on any atom is -0.426 e. The summed E-state index contributed by atoms with van der Waals surface area (Å²) < 4.78 is 5.60. The first-order chi connectivity index (χ1) is 16.8. The summed E-state index contributed by atoms with van der Waals surface area (Å²) in [5.41, 5.74) is 2.69. The number of aryl methyl sites for hydroxylation is 1. The fourth-order valence-electron chi connectivity index (χ4n) is 5.53. The van der Waals surface area contributed by atoms with E-state index in [4.69, 9.17) is 16.3 Å². The summed E-state index contributed by atoms with van der Waals surface area (Å²) in [6.07, 6.45) is 3.51. The predicted octanol–water partition coefficient (Wildman–Crippen LogP) is 4.59. The zero-order chi connectivity index (χ0) is 24.9. The highest BCUT2D eigenvalue weighted by molar-refractivity contribution is 6.31. The van der Waals surface area contributed by atoms with Crippen molar-refractivity contribution in [3.05, 3.63) is 52.5 Å². The van der Waals surface area contributed by atoms with Gasteiger partial charge in [-0.15, -0.1) is 0 Å². The number of anilines is 2. The number of fused-ring (bicyclic) bond motifs is 1. The highest BCUT2D eigenvalue weighted by Gasteiger charge is 2.49. The predicted molar refractivity (Wildman–Crippen MR) is 131 cm³/mol. The standard InChI is InChI=1S/C27H27ClN2O5/c1-15-12-18(10-11-22(15)30-25(32)19-6-3-4-7-20(19)26(30)33)35-27(34)17-13-24(31)29(14-17)23-9-5-8-21(28)16(23)2/h5,8-12,17,19-20H,3-4,6-7,13-14H2,1-2H3/t17-,19-,20+/m0/s1. The molecule has 2 aromatic rings. The van der Waals surface area contributed by atoms with Gasteiger partial charge in [-0.25, -0.2) is 4.90 Å². The molecule has 3 atom stereocenters. The van der Waals surface area contributed by atoms with Crippen molar-refractivity contribution in [2.24, 2.45) is 17.8 Å². The third-order valence-corrected chi connectivity index (χ3v) is 7.87. The Morgan fingerprint density at radius 2 is 1.66 bits per heavy atom. The fraction of sp³-hybridized carbons (Fsp3) is 0.407. The van der Waals surface area contributed by atoms with Crippen LogP contribution in [0.25, 0.3) is 0 Å². The number of nitrogens with zero attached hydrogens (tertiary/aromatic N) is 2. The lowest BCUT2D eigenvalue weighted by molar-refractivity contribution is -0.139. The summed E-state index contributed by atoms with van der Waals surface area (Å²) in [6, 6.07) is 10.3. The summed E-state index contributed by atoms with van der Waals surface area (Å²) in [4.78, 5) is 54.3. The van der Waals surface area contributed by atoms with Crippen LogP contribution in [-0.2, 0) is 19.2 Å². The van der Waals surface area contributed by atoms with E-state index in [1.165, 1.54) is 4.90 Å². The summed E-state index contributed by atoms with van der Waals surface area (Å²) in [6.45, 7) is 3.85. The third-order valence-electron chi connectivity index (χ3n) is 7.46. The molecular weight excluding hydrogens is 468 g/mol. The van der Waals surface area contributed by atoms with Crippen LogP contribution in [0.15, 0.2) is 36.4 Å². The molecule has 0 unspecified atom stereocenters. The molecule has 2 aliphatic heterocycles. The van der Waals surface area contributed by atoms with Crippen molar-refractivity contribution in [2.45, 2.75) is 46.0 Å². The molecule has 0 N–H and O–H groups in total. The van der Waals surface area contributed by atoms with Gasteiger partial charge in [-0.2, -0.15) is 0 Å². The van der Waals surface area contributed by atoms with Gasteiger partial charge in [-0.05, 0) is 68.1 Å². The number of esters is 1. The van der Waals surface area contributed by atoms with Crippen molar-refractivity contribution in [1.29, 1.82) is 0 Å². The van der Waals surface area contributed by atoms with E-state index in [0.717, 1.165) is 31.2 Å². The highest BCUT2D eigenvalue weighted by atomic mass is 35.5. The lowest BCUT2D eigenvalue weighted by atomic mass is 9.81. The monoisotopic (exact) mass is 494 g/mol. The largest absolute Gasteiger partial charge is 0.426 e. The third kappa shape index (κ3) is 4.12. The average molecular weight is 495 g/mol. The number of ether oxygens (including phenoxy) is 1. The Hall–Kier alpha value is -3.19. The molecule has 0 aromatic heterocycles. The molecule has 8 heteroatoms. The van der Waals surface area contributed by atoms with Crippen LogP contribution < -0.4 is 14.5 Å². The molecule has 3 amide bonds. The number of halogens is 1. The van der Waals surface area contributed by atoms with E-state index in [1.54, 1.807) is 42.2 Å². The Balaban J connectivity index is 1.29. The molecule has 0 spiro atoms. The number of hydrogen-bond acceptors (Lipinski definition) is 5. The zero-order valence-electron chi connectivity index (χ0n) is 19.8. The first kappa shape index (κ1) is 23.5. The first-order valence-electron chi connectivity index (χ1n) is 12.0. The number of hydrogen-bond donors (Lipinski definition) is 0. The number of carbonyl (C=O) groups is 4. The Morgan fingerprint density at radius 3 is 2.31 bits per heavy atom. The Kier molecular flexibility index (Phi) is 6.13. The van der Waals surface area contributed by atoms with E-state index in [2.05, 4.69) is 0 Å². The van der Waals surface area contributed by atoms with Gasteiger partial charge in [0, 0.05) is 23.7 Å². The van der Waals surface area contributed by atoms with Crippen LogP contribution in [0.5, 0.6) is 5.75 Å². The number of rotatable bonds is 4. The molecule has 3 aliphatic rings. The topological polar surface area (TPSA) is 84.0 Å². The van der Waals surface area contributed by atoms with Crippen LogP contribution in [0, 0.1) is 31.6 Å².